The van der Waals surface area contributed by atoms with Crippen molar-refractivity contribution in [1.82, 2.24) is 0 Å². The highest BCUT2D eigenvalue weighted by Crippen LogP contribution is 2.51. The van der Waals surface area contributed by atoms with Gasteiger partial charge in [-0.15, -0.1) is 0 Å². The minimum atomic E-state index is -2.51. The number of hydrogen-bond acceptors (Lipinski definition) is 13. The minimum Gasteiger partial charge on any atom is -0.458 e. The molecule has 2 rings (SSSR count). The van der Waals surface area contributed by atoms with E-state index in [1.165, 1.54) is 19.9 Å². The predicted molar refractivity (Wildman–Crippen MR) is 184 cm³/mol. The average molecular weight is 723 g/mol. The number of carbonyl (C=O) groups excluding carboxylic acids is 6. The van der Waals surface area contributed by atoms with Gasteiger partial charge < -0.3 is 33.9 Å². The van der Waals surface area contributed by atoms with E-state index in [-0.39, 0.29) is 5.57 Å². The number of ketones is 1. The van der Waals surface area contributed by atoms with E-state index in [0.717, 1.165) is 13.8 Å². The second-order valence-electron chi connectivity index (χ2n) is 15.3. The molecule has 0 heterocycles. The summed E-state index contributed by atoms with van der Waals surface area (Å²) >= 11 is 0. The van der Waals surface area contributed by atoms with E-state index in [9.17, 15) is 39.0 Å². The van der Waals surface area contributed by atoms with E-state index in [4.69, 9.17) is 23.7 Å². The van der Waals surface area contributed by atoms with Crippen molar-refractivity contribution in [2.24, 2.45) is 35.0 Å². The summed E-state index contributed by atoms with van der Waals surface area (Å²) in [6.45, 7) is 22.4. The number of aliphatic hydroxyl groups excluding tert-OH is 1. The first kappa shape index (κ1) is 43.6. The number of aliphatic hydroxyl groups is 2. The SMILES string of the molecule is C=C1[C@H](OC(=O)C(C)C)[C@@H](OC(C)=O)[C@@H](OC(C)=O)C(C)(C)/C=C/[C@H](C)C(=O)[C@@]2(O)C[C@@](C)(OC(=O)C(C)CC)[C@H](O)[C@@H]2[C@H]1OC(=O)C(C)CC. The Balaban J connectivity index is 3.12. The molecule has 0 aromatic rings. The highest BCUT2D eigenvalue weighted by Gasteiger charge is 2.68. The van der Waals surface area contributed by atoms with Crippen LogP contribution in [0.3, 0.4) is 0 Å². The van der Waals surface area contributed by atoms with Crippen molar-refractivity contribution in [1.29, 1.82) is 0 Å². The van der Waals surface area contributed by atoms with Crippen LogP contribution in [0.1, 0.15) is 102 Å². The molecule has 1 saturated carbocycles. The summed E-state index contributed by atoms with van der Waals surface area (Å²) in [7, 11) is 0. The fourth-order valence-corrected chi connectivity index (χ4v) is 6.49. The van der Waals surface area contributed by atoms with Gasteiger partial charge in [-0.25, -0.2) is 0 Å². The van der Waals surface area contributed by atoms with Crippen molar-refractivity contribution < 1.29 is 62.7 Å². The van der Waals surface area contributed by atoms with Crippen molar-refractivity contribution >= 4 is 35.6 Å². The number of Topliss-reactive ketones (excluding diaryl/α,β-unsaturated/α-hetero) is 1. The molecule has 13 heteroatoms. The Hall–Kier alpha value is -3.58. The molecule has 0 saturated heterocycles. The minimum absolute atomic E-state index is 0.287. The van der Waals surface area contributed by atoms with Gasteiger partial charge in [-0.2, -0.15) is 0 Å². The second-order valence-corrected chi connectivity index (χ2v) is 15.3. The molecule has 0 bridgehead atoms. The number of rotatable bonds is 10. The van der Waals surface area contributed by atoms with Gasteiger partial charge in [-0.05, 0) is 19.8 Å². The van der Waals surface area contributed by atoms with E-state index < -0.39 is 119 Å². The molecule has 0 spiro atoms. The van der Waals surface area contributed by atoms with Crippen molar-refractivity contribution in [3.63, 3.8) is 0 Å². The van der Waals surface area contributed by atoms with Crippen LogP contribution in [0, 0.1) is 35.0 Å². The maximum absolute atomic E-state index is 14.5. The first-order valence-electron chi connectivity index (χ1n) is 17.7. The first-order chi connectivity index (χ1) is 23.4. The zero-order valence-electron chi connectivity index (χ0n) is 32.1. The fraction of sp³-hybridized carbons (Fsp3) is 0.737. The van der Waals surface area contributed by atoms with Crippen molar-refractivity contribution in [2.75, 3.05) is 0 Å². The summed E-state index contributed by atoms with van der Waals surface area (Å²) in [6, 6.07) is 0. The highest BCUT2D eigenvalue weighted by molar-refractivity contribution is 5.92. The molecule has 288 valence electrons. The Morgan fingerprint density at radius 1 is 0.863 bits per heavy atom. The summed E-state index contributed by atoms with van der Waals surface area (Å²) in [5.74, 6) is -9.54. The molecular formula is C38H58O13. The van der Waals surface area contributed by atoms with Gasteiger partial charge in [-0.3, -0.25) is 28.8 Å². The summed E-state index contributed by atoms with van der Waals surface area (Å²) in [4.78, 5) is 79.9. The number of allylic oxidation sites excluding steroid dienone is 1. The Morgan fingerprint density at radius 2 is 1.37 bits per heavy atom. The molecule has 11 atom stereocenters. The normalized spacial score (nSPS) is 34.1. The average Bonchev–Trinajstić information content (AvgIpc) is 3.24. The van der Waals surface area contributed by atoms with E-state index in [1.54, 1.807) is 61.5 Å². The fourth-order valence-electron chi connectivity index (χ4n) is 6.49. The Morgan fingerprint density at radius 3 is 1.86 bits per heavy atom. The van der Waals surface area contributed by atoms with E-state index in [2.05, 4.69) is 6.58 Å². The topological polar surface area (TPSA) is 189 Å². The molecule has 0 aromatic carbocycles. The van der Waals surface area contributed by atoms with Gasteiger partial charge in [0.25, 0.3) is 0 Å². The number of esters is 5. The van der Waals surface area contributed by atoms with Gasteiger partial charge in [0.1, 0.15) is 23.4 Å². The summed E-state index contributed by atoms with van der Waals surface area (Å²) in [5.41, 5.74) is -5.91. The number of fused-ring (bicyclic) bond motifs is 1. The van der Waals surface area contributed by atoms with E-state index >= 15 is 0 Å². The molecular weight excluding hydrogens is 664 g/mol. The van der Waals surface area contributed by atoms with Crippen LogP contribution in [0.2, 0.25) is 0 Å². The van der Waals surface area contributed by atoms with Gasteiger partial charge in [0, 0.05) is 37.2 Å². The highest BCUT2D eigenvalue weighted by atomic mass is 16.6. The van der Waals surface area contributed by atoms with Gasteiger partial charge in [0.15, 0.2) is 24.1 Å². The molecule has 2 aliphatic rings. The van der Waals surface area contributed by atoms with Crippen LogP contribution in [-0.4, -0.2) is 87.6 Å². The van der Waals surface area contributed by atoms with Gasteiger partial charge in [-0.1, -0.05) is 81.0 Å². The van der Waals surface area contributed by atoms with Gasteiger partial charge >= 0.3 is 29.8 Å². The lowest BCUT2D eigenvalue weighted by Gasteiger charge is -2.43. The molecule has 0 radical (unpaired) electrons. The molecule has 13 nitrogen and oxygen atoms in total. The number of carbonyl (C=O) groups is 6. The lowest BCUT2D eigenvalue weighted by Crippen LogP contribution is -2.58. The zero-order valence-corrected chi connectivity index (χ0v) is 32.1. The third-order valence-corrected chi connectivity index (χ3v) is 10.1. The molecule has 0 aliphatic heterocycles. The van der Waals surface area contributed by atoms with Crippen LogP contribution in [0.5, 0.6) is 0 Å². The van der Waals surface area contributed by atoms with Crippen LogP contribution in [0.15, 0.2) is 24.3 Å². The van der Waals surface area contributed by atoms with Gasteiger partial charge in [0.05, 0.1) is 23.7 Å². The molecule has 1 fully saturated rings. The predicted octanol–water partition coefficient (Wildman–Crippen LogP) is 4.19. The monoisotopic (exact) mass is 722 g/mol. The summed E-state index contributed by atoms with van der Waals surface area (Å²) in [6.07, 6.45) is -5.20. The molecule has 2 unspecified atom stereocenters. The first-order valence-corrected chi connectivity index (χ1v) is 17.7. The molecule has 0 aromatic heterocycles. The van der Waals surface area contributed by atoms with Crippen molar-refractivity contribution in [3.8, 4) is 0 Å². The third kappa shape index (κ3) is 9.65. The van der Waals surface area contributed by atoms with Crippen LogP contribution in [0.4, 0.5) is 0 Å². The lowest BCUT2D eigenvalue weighted by atomic mass is 9.72. The van der Waals surface area contributed by atoms with Crippen LogP contribution in [-0.2, 0) is 52.5 Å². The standard InChI is InChI=1S/C38H58O13/c1-14-20(5)34(44)49-27-23(8)28(50-33(43)19(3)4)29(47-24(9)39)32(48-25(10)40)36(11,12)17-16-22(7)30(41)38(46)18-37(13,31(42)26(27)38)51-35(45)21(6)15-2/h16-17,19-22,26-29,31-32,42,46H,8,14-15,18H2,1-7,9-13H3/b17-16+/t20?,21?,22-,26-,27-,28-,29+,31+,32+,37+,38+/m0/s1. The molecule has 0 amide bonds. The van der Waals surface area contributed by atoms with Crippen LogP contribution in [0.25, 0.3) is 0 Å². The van der Waals surface area contributed by atoms with Crippen molar-refractivity contribution in [3.05, 3.63) is 24.3 Å². The molecule has 2 aliphatic carbocycles. The van der Waals surface area contributed by atoms with Crippen LogP contribution >= 0.6 is 0 Å². The number of hydrogen-bond donors (Lipinski definition) is 2. The van der Waals surface area contributed by atoms with Gasteiger partial charge in [0.2, 0.25) is 0 Å². The Kier molecular flexibility index (Phi) is 14.4. The number of ether oxygens (including phenoxy) is 5. The third-order valence-electron chi connectivity index (χ3n) is 10.1. The summed E-state index contributed by atoms with van der Waals surface area (Å²) < 4.78 is 29.4. The quantitative estimate of drug-likeness (QED) is 0.186. The largest absolute Gasteiger partial charge is 0.458 e. The van der Waals surface area contributed by atoms with Crippen LogP contribution < -0.4 is 0 Å². The smallest absolute Gasteiger partial charge is 0.309 e. The molecule has 2 N–H and O–H groups in total. The Bertz CT molecular complexity index is 1380. The maximum atomic E-state index is 14.5. The summed E-state index contributed by atoms with van der Waals surface area (Å²) in [5, 5.41) is 24.7. The molecule has 51 heavy (non-hydrogen) atoms. The second kappa shape index (κ2) is 16.8. The van der Waals surface area contributed by atoms with E-state index in [1.807, 2.05) is 0 Å². The Labute approximate surface area is 301 Å². The lowest BCUT2D eigenvalue weighted by molar-refractivity contribution is -0.193. The maximum Gasteiger partial charge on any atom is 0.309 e. The van der Waals surface area contributed by atoms with E-state index in [0.29, 0.717) is 12.8 Å². The van der Waals surface area contributed by atoms with Crippen molar-refractivity contribution in [2.45, 2.75) is 144 Å². The zero-order chi connectivity index (χ0) is 39.4.